The largest absolute Gasteiger partial charge is 0.306 e. The van der Waals surface area contributed by atoms with Crippen LogP contribution in [0.4, 0.5) is 10.2 Å². The zero-order valence-corrected chi connectivity index (χ0v) is 13.4. The van der Waals surface area contributed by atoms with E-state index >= 15 is 0 Å². The highest BCUT2D eigenvalue weighted by atomic mass is 19.1. The fraction of sp³-hybridized carbons (Fsp3) is 0.105. The number of nitrogens with one attached hydrogen (secondary N) is 1. The van der Waals surface area contributed by atoms with Gasteiger partial charge in [-0.25, -0.2) is 9.37 Å². The summed E-state index contributed by atoms with van der Waals surface area (Å²) in [6.07, 6.45) is 3.39. The average molecular weight is 321 g/mol. The fourth-order valence-corrected chi connectivity index (χ4v) is 2.43. The minimum absolute atomic E-state index is 0.0286. The zero-order valence-electron chi connectivity index (χ0n) is 13.4. The Morgan fingerprint density at radius 2 is 1.96 bits per heavy atom. The van der Waals surface area contributed by atoms with E-state index in [-0.39, 0.29) is 5.56 Å². The molecule has 0 bridgehead atoms. The molecule has 0 aliphatic heterocycles. The molecule has 3 aromatic rings. The number of rotatable bonds is 3. The van der Waals surface area contributed by atoms with Gasteiger partial charge in [0.15, 0.2) is 0 Å². The molecule has 0 saturated carbocycles. The van der Waals surface area contributed by atoms with Crippen LogP contribution in [0, 0.1) is 19.7 Å². The molecule has 0 aliphatic carbocycles. The van der Waals surface area contributed by atoms with E-state index in [0.717, 1.165) is 22.4 Å². The Hall–Kier alpha value is -3.08. The molecule has 1 N–H and O–H groups in total. The molecule has 3 rings (SSSR count). The Labute approximate surface area is 139 Å². The van der Waals surface area contributed by atoms with Crippen molar-refractivity contribution in [1.82, 2.24) is 9.97 Å². The summed E-state index contributed by atoms with van der Waals surface area (Å²) in [6, 6.07) is 11.6. The van der Waals surface area contributed by atoms with Crippen molar-refractivity contribution in [3.63, 3.8) is 0 Å². The summed E-state index contributed by atoms with van der Waals surface area (Å²) in [5.74, 6) is -0.721. The van der Waals surface area contributed by atoms with Gasteiger partial charge < -0.3 is 5.32 Å². The molecule has 0 fully saturated rings. The van der Waals surface area contributed by atoms with Gasteiger partial charge in [0.25, 0.3) is 5.91 Å². The van der Waals surface area contributed by atoms with Crippen molar-refractivity contribution in [1.29, 1.82) is 0 Å². The third-order valence-electron chi connectivity index (χ3n) is 3.69. The zero-order chi connectivity index (χ0) is 17.1. The number of pyridine rings is 2. The highest BCUT2D eigenvalue weighted by Crippen LogP contribution is 2.25. The predicted octanol–water partition coefficient (Wildman–Crippen LogP) is 4.15. The first-order valence-electron chi connectivity index (χ1n) is 7.50. The highest BCUT2D eigenvalue weighted by Gasteiger charge is 2.14. The molecule has 4 nitrogen and oxygen atoms in total. The van der Waals surface area contributed by atoms with Gasteiger partial charge in [0.05, 0.1) is 5.56 Å². The third-order valence-corrected chi connectivity index (χ3v) is 3.69. The van der Waals surface area contributed by atoms with Crippen LogP contribution in [0.3, 0.4) is 0 Å². The smallest absolute Gasteiger partial charge is 0.259 e. The van der Waals surface area contributed by atoms with E-state index < -0.39 is 11.7 Å². The lowest BCUT2D eigenvalue weighted by Crippen LogP contribution is -2.15. The van der Waals surface area contributed by atoms with E-state index in [1.807, 2.05) is 26.0 Å². The average Bonchev–Trinajstić information content (AvgIpc) is 2.56. The standard InChI is InChI=1S/C19H16FN3O/c1-12-8-9-21-11-16(12)14-6-7-17(20)15(10-14)19(24)23-18-5-3-4-13(2)22-18/h3-11H,1-2H3,(H,22,23,24). The molecule has 0 saturated heterocycles. The summed E-state index contributed by atoms with van der Waals surface area (Å²) in [4.78, 5) is 20.7. The van der Waals surface area contributed by atoms with Crippen molar-refractivity contribution < 1.29 is 9.18 Å². The lowest BCUT2D eigenvalue weighted by atomic mass is 10.0. The van der Waals surface area contributed by atoms with E-state index in [4.69, 9.17) is 0 Å². The first-order chi connectivity index (χ1) is 11.5. The molecular formula is C19H16FN3O. The van der Waals surface area contributed by atoms with Gasteiger partial charge in [-0.3, -0.25) is 9.78 Å². The van der Waals surface area contributed by atoms with E-state index in [2.05, 4.69) is 15.3 Å². The molecule has 0 aliphatic rings. The second kappa shape index (κ2) is 6.58. The number of hydrogen-bond donors (Lipinski definition) is 1. The number of benzene rings is 1. The summed E-state index contributed by atoms with van der Waals surface area (Å²) in [5, 5.41) is 2.63. The number of halogens is 1. The molecule has 2 aromatic heterocycles. The van der Waals surface area contributed by atoms with Crippen molar-refractivity contribution in [2.75, 3.05) is 5.32 Å². The van der Waals surface area contributed by atoms with Crippen LogP contribution in [0.25, 0.3) is 11.1 Å². The fourth-order valence-electron chi connectivity index (χ4n) is 2.43. The predicted molar refractivity (Wildman–Crippen MR) is 91.3 cm³/mol. The summed E-state index contributed by atoms with van der Waals surface area (Å²) in [6.45, 7) is 3.76. The lowest BCUT2D eigenvalue weighted by Gasteiger charge is -2.09. The van der Waals surface area contributed by atoms with Gasteiger partial charge >= 0.3 is 0 Å². The van der Waals surface area contributed by atoms with Crippen LogP contribution in [-0.2, 0) is 0 Å². The van der Waals surface area contributed by atoms with Crippen molar-refractivity contribution in [2.24, 2.45) is 0 Å². The topological polar surface area (TPSA) is 54.9 Å². The summed E-state index contributed by atoms with van der Waals surface area (Å²) < 4.78 is 14.1. The molecule has 1 amide bonds. The second-order valence-corrected chi connectivity index (χ2v) is 5.50. The minimum atomic E-state index is -0.578. The number of carbonyl (C=O) groups is 1. The van der Waals surface area contributed by atoms with Gasteiger partial charge in [0.2, 0.25) is 0 Å². The lowest BCUT2D eigenvalue weighted by molar-refractivity contribution is 0.102. The Morgan fingerprint density at radius 1 is 1.12 bits per heavy atom. The Balaban J connectivity index is 1.94. The monoisotopic (exact) mass is 321 g/mol. The van der Waals surface area contributed by atoms with E-state index in [1.54, 1.807) is 30.6 Å². The van der Waals surface area contributed by atoms with Crippen LogP contribution < -0.4 is 5.32 Å². The summed E-state index contributed by atoms with van der Waals surface area (Å²) in [5.41, 5.74) is 3.35. The molecule has 0 atom stereocenters. The number of anilines is 1. The van der Waals surface area contributed by atoms with Crippen LogP contribution in [0.2, 0.25) is 0 Å². The number of hydrogen-bond acceptors (Lipinski definition) is 3. The molecule has 120 valence electrons. The number of aryl methyl sites for hydroxylation is 2. The maximum atomic E-state index is 14.1. The number of aromatic nitrogens is 2. The van der Waals surface area contributed by atoms with E-state index in [9.17, 15) is 9.18 Å². The molecular weight excluding hydrogens is 305 g/mol. The van der Waals surface area contributed by atoms with Crippen LogP contribution in [0.1, 0.15) is 21.6 Å². The molecule has 2 heterocycles. The Morgan fingerprint density at radius 3 is 2.71 bits per heavy atom. The molecule has 0 radical (unpaired) electrons. The molecule has 1 aromatic carbocycles. The van der Waals surface area contributed by atoms with Crippen LogP contribution in [0.15, 0.2) is 54.9 Å². The van der Waals surface area contributed by atoms with Crippen molar-refractivity contribution in [3.05, 3.63) is 77.5 Å². The van der Waals surface area contributed by atoms with Crippen molar-refractivity contribution >= 4 is 11.7 Å². The van der Waals surface area contributed by atoms with Gasteiger partial charge in [-0.15, -0.1) is 0 Å². The normalized spacial score (nSPS) is 10.5. The Kier molecular flexibility index (Phi) is 4.33. The Bertz CT molecular complexity index is 909. The van der Waals surface area contributed by atoms with Gasteiger partial charge in [0.1, 0.15) is 11.6 Å². The molecule has 5 heteroatoms. The number of amides is 1. The number of carbonyl (C=O) groups excluding carboxylic acids is 1. The summed E-state index contributed by atoms with van der Waals surface area (Å²) >= 11 is 0. The third kappa shape index (κ3) is 3.30. The van der Waals surface area contributed by atoms with Gasteiger partial charge in [0, 0.05) is 23.7 Å². The van der Waals surface area contributed by atoms with Crippen LogP contribution >= 0.6 is 0 Å². The van der Waals surface area contributed by atoms with Crippen LogP contribution in [-0.4, -0.2) is 15.9 Å². The van der Waals surface area contributed by atoms with Crippen molar-refractivity contribution in [3.8, 4) is 11.1 Å². The van der Waals surface area contributed by atoms with Crippen LogP contribution in [0.5, 0.6) is 0 Å². The first kappa shape index (κ1) is 15.8. The van der Waals surface area contributed by atoms with Crippen molar-refractivity contribution in [2.45, 2.75) is 13.8 Å². The molecule has 0 unspecified atom stereocenters. The second-order valence-electron chi connectivity index (χ2n) is 5.50. The maximum absolute atomic E-state index is 14.1. The first-order valence-corrected chi connectivity index (χ1v) is 7.50. The summed E-state index contributed by atoms with van der Waals surface area (Å²) in [7, 11) is 0. The van der Waals surface area contributed by atoms with Gasteiger partial charge in [-0.1, -0.05) is 12.1 Å². The minimum Gasteiger partial charge on any atom is -0.306 e. The van der Waals surface area contributed by atoms with E-state index in [1.165, 1.54) is 12.1 Å². The van der Waals surface area contributed by atoms with Gasteiger partial charge in [-0.2, -0.15) is 0 Å². The molecule has 24 heavy (non-hydrogen) atoms. The number of nitrogens with zero attached hydrogens (tertiary/aromatic N) is 2. The SMILES string of the molecule is Cc1cccc(NC(=O)c2cc(-c3cnccc3C)ccc2F)n1. The highest BCUT2D eigenvalue weighted by molar-refractivity contribution is 6.04. The molecule has 0 spiro atoms. The maximum Gasteiger partial charge on any atom is 0.259 e. The van der Waals surface area contributed by atoms with Gasteiger partial charge in [-0.05, 0) is 55.3 Å². The quantitative estimate of drug-likeness (QED) is 0.788. The van der Waals surface area contributed by atoms with E-state index in [0.29, 0.717) is 5.82 Å².